The zero-order valence-corrected chi connectivity index (χ0v) is 29.3. The summed E-state index contributed by atoms with van der Waals surface area (Å²) in [5.74, 6) is -1.91. The van der Waals surface area contributed by atoms with Crippen molar-refractivity contribution in [3.63, 3.8) is 0 Å². The number of fused-ring (bicyclic) bond motifs is 1. The molecule has 1 aromatic heterocycles. The van der Waals surface area contributed by atoms with E-state index in [1.807, 2.05) is 0 Å². The Morgan fingerprint density at radius 2 is 1.30 bits per heavy atom. The maximum atomic E-state index is 12.1. The molecule has 7 N–H and O–H groups in total. The second-order valence-electron chi connectivity index (χ2n) is 9.89. The fourth-order valence-corrected chi connectivity index (χ4v) is 6.37. The summed E-state index contributed by atoms with van der Waals surface area (Å²) >= 11 is 11.9. The third kappa shape index (κ3) is 8.55. The van der Waals surface area contributed by atoms with Crippen molar-refractivity contribution in [2.45, 2.75) is 21.6 Å². The summed E-state index contributed by atoms with van der Waals surface area (Å²) in [6, 6.07) is 9.83. The Labute approximate surface area is 303 Å². The van der Waals surface area contributed by atoms with Crippen LogP contribution in [0, 0.1) is 6.92 Å². The minimum atomic E-state index is -4.82. The molecular weight excluding hydrogens is 817 g/mol. The summed E-state index contributed by atoms with van der Waals surface area (Å²) in [7, 11) is -14.1. The van der Waals surface area contributed by atoms with Crippen molar-refractivity contribution >= 4 is 99.0 Å². The molecule has 1 radical (unpaired) electrons. The summed E-state index contributed by atoms with van der Waals surface area (Å²) in [5, 5.41) is 33.8. The van der Waals surface area contributed by atoms with Crippen LogP contribution >= 0.6 is 23.2 Å². The van der Waals surface area contributed by atoms with Crippen molar-refractivity contribution in [1.29, 1.82) is 0 Å². The average molecular weight is 836 g/mol. The average Bonchev–Trinajstić information content (AvgIpc) is 2.97. The van der Waals surface area contributed by atoms with E-state index < -0.39 is 72.5 Å². The third-order valence-corrected chi connectivity index (χ3v) is 9.43. The van der Waals surface area contributed by atoms with E-state index in [4.69, 9.17) is 23.2 Å². The molecule has 0 unspecified atom stereocenters. The SMILES string of the molecule is Cc1cc2cc(S(=O)(=O)O)cc(Nc3nc(Cl)nc(Nc4cccc(S(=O)(=O)O)c4)n3)c2c(O)c1N=Nc1cc(S(=O)(=O)O)cc(Cl)c1O.[Cu]. The number of hydrogen-bond donors (Lipinski definition) is 7. The first-order chi connectivity index (χ1) is 22.7. The van der Waals surface area contributed by atoms with Crippen LogP contribution in [-0.4, -0.2) is 64.1 Å². The second kappa shape index (κ2) is 14.2. The summed E-state index contributed by atoms with van der Waals surface area (Å²) < 4.78 is 99.2. The van der Waals surface area contributed by atoms with Gasteiger partial charge < -0.3 is 20.8 Å². The van der Waals surface area contributed by atoms with Gasteiger partial charge in [-0.2, -0.15) is 40.2 Å². The third-order valence-electron chi connectivity index (χ3n) is 6.46. The second-order valence-corrected chi connectivity index (χ2v) is 14.9. The van der Waals surface area contributed by atoms with Gasteiger partial charge in [0.05, 0.1) is 25.4 Å². The van der Waals surface area contributed by atoms with Gasteiger partial charge in [0, 0.05) is 28.1 Å². The number of aromatic nitrogens is 3. The van der Waals surface area contributed by atoms with Crippen LogP contribution in [-0.2, 0) is 47.4 Å². The molecule has 0 aliphatic carbocycles. The molecular formula is C26H19Cl2CuN7O11S3. The Hall–Kier alpha value is -4.22. The van der Waals surface area contributed by atoms with Gasteiger partial charge in [-0.15, -0.1) is 10.2 Å². The first-order valence-electron chi connectivity index (χ1n) is 12.9. The van der Waals surface area contributed by atoms with Crippen LogP contribution in [0.3, 0.4) is 0 Å². The number of halogens is 2. The molecule has 0 spiro atoms. The largest absolute Gasteiger partial charge is 0.505 e. The van der Waals surface area contributed by atoms with Crippen LogP contribution in [0.1, 0.15) is 5.56 Å². The zero-order valence-electron chi connectivity index (χ0n) is 24.4. The monoisotopic (exact) mass is 834 g/mol. The number of phenols is 2. The Balaban J connectivity index is 0.00000562. The first kappa shape index (κ1) is 38.6. The van der Waals surface area contributed by atoms with Gasteiger partial charge in [0.25, 0.3) is 30.4 Å². The molecule has 0 bridgehead atoms. The molecule has 0 amide bonds. The van der Waals surface area contributed by atoms with Gasteiger partial charge in [0.1, 0.15) is 11.4 Å². The van der Waals surface area contributed by atoms with Crippen LogP contribution in [0.4, 0.5) is 34.6 Å². The number of anilines is 4. The predicted molar refractivity (Wildman–Crippen MR) is 175 cm³/mol. The zero-order chi connectivity index (χ0) is 36.1. The molecule has 0 fully saturated rings. The Kier molecular flexibility index (Phi) is 10.9. The molecule has 5 aromatic rings. The van der Waals surface area contributed by atoms with E-state index in [1.54, 1.807) is 0 Å². The first-order valence-corrected chi connectivity index (χ1v) is 18.0. The summed E-state index contributed by atoms with van der Waals surface area (Å²) in [5.41, 5.74) is -0.677. The molecule has 5 rings (SSSR count). The molecule has 0 saturated carbocycles. The van der Waals surface area contributed by atoms with Crippen LogP contribution < -0.4 is 10.6 Å². The van der Waals surface area contributed by atoms with Crippen LogP contribution in [0.5, 0.6) is 11.5 Å². The van der Waals surface area contributed by atoms with Gasteiger partial charge in [-0.05, 0) is 78.0 Å². The number of benzene rings is 4. The van der Waals surface area contributed by atoms with E-state index in [0.29, 0.717) is 0 Å². The minimum Gasteiger partial charge on any atom is -0.505 e. The van der Waals surface area contributed by atoms with Crippen molar-refractivity contribution in [3.05, 3.63) is 70.5 Å². The van der Waals surface area contributed by atoms with Crippen molar-refractivity contribution in [1.82, 2.24) is 15.0 Å². The molecule has 4 aromatic carbocycles. The Morgan fingerprint density at radius 3 is 1.92 bits per heavy atom. The maximum absolute atomic E-state index is 12.1. The number of aryl methyl sites for hydroxylation is 1. The van der Waals surface area contributed by atoms with Crippen molar-refractivity contribution < 1.29 is 66.2 Å². The van der Waals surface area contributed by atoms with Gasteiger partial charge in [-0.3, -0.25) is 13.7 Å². The maximum Gasteiger partial charge on any atom is 0.294 e. The van der Waals surface area contributed by atoms with Crippen molar-refractivity contribution in [3.8, 4) is 11.5 Å². The number of nitrogens with zero attached hydrogens (tertiary/aromatic N) is 5. The number of nitrogens with one attached hydrogen (secondary N) is 2. The number of phenolic OH excluding ortho intramolecular Hbond substituents is 2. The number of azo groups is 1. The van der Waals surface area contributed by atoms with Crippen molar-refractivity contribution in [2.24, 2.45) is 10.2 Å². The van der Waals surface area contributed by atoms with E-state index in [0.717, 1.165) is 36.4 Å². The van der Waals surface area contributed by atoms with Gasteiger partial charge >= 0.3 is 0 Å². The number of aromatic hydroxyl groups is 2. The summed E-state index contributed by atoms with van der Waals surface area (Å²) in [6.07, 6.45) is 0. The molecule has 1 heterocycles. The van der Waals surface area contributed by atoms with E-state index in [2.05, 4.69) is 35.8 Å². The van der Waals surface area contributed by atoms with E-state index in [-0.39, 0.29) is 62.4 Å². The Bertz CT molecular complexity index is 2560. The molecule has 267 valence electrons. The van der Waals surface area contributed by atoms with Gasteiger partial charge in [-0.1, -0.05) is 17.7 Å². The van der Waals surface area contributed by atoms with Crippen LogP contribution in [0.25, 0.3) is 10.8 Å². The van der Waals surface area contributed by atoms with Crippen LogP contribution in [0.2, 0.25) is 10.3 Å². The standard InChI is InChI=1S/C26H19Cl2N7O11S3.Cu/c1-11-5-12-6-15(48(41,42)43)9-18(20(12)23(37)21(11)35-34-19-10-16(49(44,45)46)8-17(27)22(19)36)30-26-32-24(28)31-25(33-26)29-13-3-2-4-14(7-13)47(38,39)40;/h2-10,36-37H,1H3,(H,38,39,40)(H,41,42,43)(H,44,45,46)(H2,29,30,31,32,33);. The van der Waals surface area contributed by atoms with E-state index in [9.17, 15) is 49.1 Å². The van der Waals surface area contributed by atoms with Gasteiger partial charge in [0.2, 0.25) is 17.2 Å². The molecule has 18 nitrogen and oxygen atoms in total. The fourth-order valence-electron chi connectivity index (χ4n) is 4.33. The fraction of sp³-hybridized carbons (Fsp3) is 0.0385. The quantitative estimate of drug-likeness (QED) is 0.0533. The molecule has 50 heavy (non-hydrogen) atoms. The number of rotatable bonds is 9. The number of hydrogen-bond acceptors (Lipinski definition) is 15. The molecule has 24 heteroatoms. The van der Waals surface area contributed by atoms with Crippen molar-refractivity contribution in [2.75, 3.05) is 10.6 Å². The van der Waals surface area contributed by atoms with E-state index >= 15 is 0 Å². The molecule has 0 aliphatic heterocycles. The summed E-state index contributed by atoms with van der Waals surface area (Å²) in [6.45, 7) is 1.45. The van der Waals surface area contributed by atoms with Crippen LogP contribution in [0.15, 0.2) is 79.5 Å². The minimum absolute atomic E-state index is 0. The van der Waals surface area contributed by atoms with E-state index in [1.165, 1.54) is 25.1 Å². The van der Waals surface area contributed by atoms with Gasteiger partial charge in [0.15, 0.2) is 11.5 Å². The molecule has 0 atom stereocenters. The Morgan fingerprint density at radius 1 is 0.700 bits per heavy atom. The predicted octanol–water partition coefficient (Wildman–Crippen LogP) is 5.69. The molecule has 0 saturated heterocycles. The molecule has 0 aliphatic rings. The smallest absolute Gasteiger partial charge is 0.294 e. The normalized spacial score (nSPS) is 12.2. The topological polar surface area (TPSA) is 291 Å². The summed E-state index contributed by atoms with van der Waals surface area (Å²) in [4.78, 5) is 10.2. The van der Waals surface area contributed by atoms with Gasteiger partial charge in [-0.25, -0.2) is 0 Å².